The minimum atomic E-state index is 0.108. The van der Waals surface area contributed by atoms with E-state index in [1.165, 1.54) is 0 Å². The second-order valence-corrected chi connectivity index (χ2v) is 5.14. The Morgan fingerprint density at radius 3 is 2.59 bits per heavy atom. The van der Waals surface area contributed by atoms with Crippen molar-refractivity contribution in [3.05, 3.63) is 33.3 Å². The highest BCUT2D eigenvalue weighted by atomic mass is 79.9. The number of aliphatic hydroxyl groups excluding tert-OH is 2. The van der Waals surface area contributed by atoms with E-state index < -0.39 is 0 Å². The van der Waals surface area contributed by atoms with Gasteiger partial charge in [0.2, 0.25) is 0 Å². The van der Waals surface area contributed by atoms with E-state index in [1.807, 2.05) is 18.2 Å². The summed E-state index contributed by atoms with van der Waals surface area (Å²) < 4.78 is 0.989. The lowest BCUT2D eigenvalue weighted by Gasteiger charge is -2.21. The van der Waals surface area contributed by atoms with Crippen LogP contribution < -0.4 is 0 Å². The van der Waals surface area contributed by atoms with Crippen molar-refractivity contribution in [2.75, 3.05) is 26.3 Å². The fourth-order valence-corrected chi connectivity index (χ4v) is 2.20. The van der Waals surface area contributed by atoms with E-state index in [1.54, 1.807) is 0 Å². The van der Waals surface area contributed by atoms with Gasteiger partial charge in [0, 0.05) is 35.7 Å². The Balaban J connectivity index is 2.67. The zero-order chi connectivity index (χ0) is 12.7. The first-order valence-electron chi connectivity index (χ1n) is 5.55. The molecule has 0 fully saturated rings. The topological polar surface area (TPSA) is 43.7 Å². The third-order valence-corrected chi connectivity index (χ3v) is 3.31. The molecule has 0 radical (unpaired) electrons. The van der Waals surface area contributed by atoms with Gasteiger partial charge >= 0.3 is 0 Å². The number of aliphatic hydroxyl groups is 2. The van der Waals surface area contributed by atoms with Crippen LogP contribution in [0.5, 0.6) is 0 Å². The fraction of sp³-hybridized carbons (Fsp3) is 0.500. The highest BCUT2D eigenvalue weighted by Crippen LogP contribution is 2.22. The number of halogens is 2. The molecule has 0 atom stereocenters. The molecule has 0 aliphatic rings. The van der Waals surface area contributed by atoms with Gasteiger partial charge in [-0.2, -0.15) is 0 Å². The van der Waals surface area contributed by atoms with Crippen molar-refractivity contribution in [2.45, 2.75) is 13.0 Å². The maximum absolute atomic E-state index is 8.99. The monoisotopic (exact) mass is 321 g/mol. The Morgan fingerprint density at radius 1 is 1.18 bits per heavy atom. The molecular weight excluding hydrogens is 305 g/mol. The molecule has 0 saturated carbocycles. The van der Waals surface area contributed by atoms with Gasteiger partial charge in [-0.15, -0.1) is 0 Å². The van der Waals surface area contributed by atoms with Crippen molar-refractivity contribution in [3.8, 4) is 0 Å². The standard InChI is InChI=1S/C12H17BrClNO2/c13-11-2-3-12(14)10(8-11)9-15(5-7-17)4-1-6-16/h2-3,8,16-17H,1,4-7,9H2. The molecule has 1 aromatic rings. The van der Waals surface area contributed by atoms with Crippen LogP contribution in [-0.2, 0) is 6.54 Å². The molecule has 0 saturated heterocycles. The van der Waals surface area contributed by atoms with Gasteiger partial charge in [-0.1, -0.05) is 27.5 Å². The van der Waals surface area contributed by atoms with E-state index in [-0.39, 0.29) is 13.2 Å². The highest BCUT2D eigenvalue weighted by molar-refractivity contribution is 9.10. The maximum atomic E-state index is 8.99. The summed E-state index contributed by atoms with van der Waals surface area (Å²) in [4.78, 5) is 2.07. The Hall–Kier alpha value is -0.130. The smallest absolute Gasteiger partial charge is 0.0558 e. The van der Waals surface area contributed by atoms with Crippen LogP contribution in [0.25, 0.3) is 0 Å². The molecule has 2 N–H and O–H groups in total. The Morgan fingerprint density at radius 2 is 1.94 bits per heavy atom. The Bertz CT molecular complexity index is 349. The van der Waals surface area contributed by atoms with Gasteiger partial charge in [-0.3, -0.25) is 4.90 Å². The summed E-state index contributed by atoms with van der Waals surface area (Å²) in [5, 5.41) is 18.5. The molecule has 5 heteroatoms. The second kappa shape index (κ2) is 8.06. The van der Waals surface area contributed by atoms with Crippen molar-refractivity contribution < 1.29 is 10.2 Å². The van der Waals surface area contributed by atoms with Gasteiger partial charge < -0.3 is 10.2 Å². The van der Waals surface area contributed by atoms with E-state index in [0.717, 1.165) is 21.6 Å². The lowest BCUT2D eigenvalue weighted by atomic mass is 10.2. The summed E-state index contributed by atoms with van der Waals surface area (Å²) in [5.41, 5.74) is 1.02. The highest BCUT2D eigenvalue weighted by Gasteiger charge is 2.08. The van der Waals surface area contributed by atoms with Crippen LogP contribution in [0.2, 0.25) is 5.02 Å². The summed E-state index contributed by atoms with van der Waals surface area (Å²) >= 11 is 9.53. The van der Waals surface area contributed by atoms with E-state index >= 15 is 0 Å². The molecule has 17 heavy (non-hydrogen) atoms. The molecule has 0 spiro atoms. The molecule has 0 amide bonds. The van der Waals surface area contributed by atoms with Crippen molar-refractivity contribution in [1.29, 1.82) is 0 Å². The van der Waals surface area contributed by atoms with E-state index in [2.05, 4.69) is 20.8 Å². The Labute approximate surface area is 115 Å². The lowest BCUT2D eigenvalue weighted by Crippen LogP contribution is -2.28. The second-order valence-electron chi connectivity index (χ2n) is 3.81. The predicted octanol–water partition coefficient (Wildman–Crippen LogP) is 2.28. The van der Waals surface area contributed by atoms with Crippen LogP contribution in [0.3, 0.4) is 0 Å². The summed E-state index contributed by atoms with van der Waals surface area (Å²) in [6.07, 6.45) is 0.700. The average Bonchev–Trinajstić information content (AvgIpc) is 2.31. The SMILES string of the molecule is OCCCN(CCO)Cc1cc(Br)ccc1Cl. The summed E-state index contributed by atoms with van der Waals surface area (Å²) in [7, 11) is 0. The van der Waals surface area contributed by atoms with Crippen molar-refractivity contribution >= 4 is 27.5 Å². The van der Waals surface area contributed by atoms with Gasteiger partial charge in [0.05, 0.1) is 6.61 Å². The zero-order valence-electron chi connectivity index (χ0n) is 9.57. The zero-order valence-corrected chi connectivity index (χ0v) is 11.9. The minimum absolute atomic E-state index is 0.108. The Kier molecular flexibility index (Phi) is 7.08. The van der Waals surface area contributed by atoms with Crippen LogP contribution in [-0.4, -0.2) is 41.4 Å². The molecule has 3 nitrogen and oxygen atoms in total. The molecule has 0 aliphatic heterocycles. The summed E-state index contributed by atoms with van der Waals surface area (Å²) in [6.45, 7) is 2.28. The van der Waals surface area contributed by atoms with E-state index in [9.17, 15) is 0 Å². The third-order valence-electron chi connectivity index (χ3n) is 2.45. The van der Waals surface area contributed by atoms with Gasteiger partial charge in [0.15, 0.2) is 0 Å². The summed E-state index contributed by atoms with van der Waals surface area (Å²) in [6, 6.07) is 5.73. The molecule has 0 unspecified atom stereocenters. The quantitative estimate of drug-likeness (QED) is 0.809. The molecule has 0 bridgehead atoms. The molecule has 1 rings (SSSR count). The number of benzene rings is 1. The predicted molar refractivity (Wildman–Crippen MR) is 73.2 cm³/mol. The van der Waals surface area contributed by atoms with Crippen LogP contribution in [0.1, 0.15) is 12.0 Å². The van der Waals surface area contributed by atoms with Gasteiger partial charge in [0.1, 0.15) is 0 Å². The number of hydrogen-bond acceptors (Lipinski definition) is 3. The number of rotatable bonds is 7. The molecular formula is C12H17BrClNO2. The van der Waals surface area contributed by atoms with Crippen molar-refractivity contribution in [1.82, 2.24) is 4.90 Å². The lowest BCUT2D eigenvalue weighted by molar-refractivity contribution is 0.174. The third kappa shape index (κ3) is 5.36. The molecule has 0 aliphatic carbocycles. The average molecular weight is 323 g/mol. The van der Waals surface area contributed by atoms with E-state index in [4.69, 9.17) is 21.8 Å². The first-order chi connectivity index (χ1) is 8.17. The number of nitrogens with zero attached hydrogens (tertiary/aromatic N) is 1. The molecule has 0 heterocycles. The van der Waals surface area contributed by atoms with Gasteiger partial charge in [0.25, 0.3) is 0 Å². The summed E-state index contributed by atoms with van der Waals surface area (Å²) in [5.74, 6) is 0. The van der Waals surface area contributed by atoms with Crippen LogP contribution in [0, 0.1) is 0 Å². The first-order valence-corrected chi connectivity index (χ1v) is 6.72. The molecule has 1 aromatic carbocycles. The molecule has 96 valence electrons. The molecule has 0 aromatic heterocycles. The van der Waals surface area contributed by atoms with Crippen molar-refractivity contribution in [2.24, 2.45) is 0 Å². The fourth-order valence-electron chi connectivity index (χ4n) is 1.61. The number of hydrogen-bond donors (Lipinski definition) is 2. The van der Waals surface area contributed by atoms with Gasteiger partial charge in [-0.25, -0.2) is 0 Å². The van der Waals surface area contributed by atoms with Crippen molar-refractivity contribution in [3.63, 3.8) is 0 Å². The minimum Gasteiger partial charge on any atom is -0.396 e. The van der Waals surface area contributed by atoms with Crippen LogP contribution in [0.15, 0.2) is 22.7 Å². The van der Waals surface area contributed by atoms with E-state index in [0.29, 0.717) is 19.5 Å². The van der Waals surface area contributed by atoms with Gasteiger partial charge in [-0.05, 0) is 30.2 Å². The first kappa shape index (κ1) is 14.9. The van der Waals surface area contributed by atoms with Crippen LogP contribution >= 0.6 is 27.5 Å². The maximum Gasteiger partial charge on any atom is 0.0558 e. The largest absolute Gasteiger partial charge is 0.396 e. The van der Waals surface area contributed by atoms with Crippen LogP contribution in [0.4, 0.5) is 0 Å². The normalized spacial score (nSPS) is 11.1.